The predicted octanol–water partition coefficient (Wildman–Crippen LogP) is 3.61. The molecule has 3 aromatic rings. The van der Waals surface area contributed by atoms with Crippen LogP contribution >= 0.6 is 11.3 Å². The summed E-state index contributed by atoms with van der Waals surface area (Å²) in [6.45, 7) is 6.04. The third kappa shape index (κ3) is 3.84. The van der Waals surface area contributed by atoms with Gasteiger partial charge in [0.25, 0.3) is 5.91 Å². The average Bonchev–Trinajstić information content (AvgIpc) is 3.03. The quantitative estimate of drug-likeness (QED) is 0.617. The molecule has 0 N–H and O–H groups in total. The predicted molar refractivity (Wildman–Crippen MR) is 112 cm³/mol. The van der Waals surface area contributed by atoms with Gasteiger partial charge in [0.15, 0.2) is 4.80 Å². The number of amides is 1. The second-order valence-corrected chi connectivity index (χ2v) is 7.26. The van der Waals surface area contributed by atoms with Crippen molar-refractivity contribution in [3.05, 3.63) is 58.4 Å². The van der Waals surface area contributed by atoms with Gasteiger partial charge in [-0.15, -0.1) is 0 Å². The SMILES string of the molecule is CCN(CC)c1ccc(C(=O)N=c2sc3cc(C(=O)OC)ccc3n2C)cc1. The number of hydrogen-bond donors (Lipinski definition) is 0. The summed E-state index contributed by atoms with van der Waals surface area (Å²) < 4.78 is 7.48. The molecular formula is C21H23N3O3S. The molecule has 146 valence electrons. The second kappa shape index (κ2) is 8.39. The molecule has 1 aromatic heterocycles. The van der Waals surface area contributed by atoms with E-state index in [1.807, 2.05) is 41.9 Å². The zero-order chi connectivity index (χ0) is 20.3. The van der Waals surface area contributed by atoms with E-state index in [4.69, 9.17) is 4.74 Å². The van der Waals surface area contributed by atoms with E-state index in [9.17, 15) is 9.59 Å². The van der Waals surface area contributed by atoms with Gasteiger partial charge in [0.2, 0.25) is 0 Å². The lowest BCUT2D eigenvalue weighted by molar-refractivity contribution is 0.0601. The Balaban J connectivity index is 1.94. The molecule has 0 radical (unpaired) electrons. The number of nitrogens with zero attached hydrogens (tertiary/aromatic N) is 3. The van der Waals surface area contributed by atoms with Gasteiger partial charge >= 0.3 is 5.97 Å². The third-order valence-corrected chi connectivity index (χ3v) is 5.77. The number of ether oxygens (including phenoxy) is 1. The van der Waals surface area contributed by atoms with Gasteiger partial charge in [-0.25, -0.2) is 4.79 Å². The minimum Gasteiger partial charge on any atom is -0.465 e. The molecule has 0 fully saturated rings. The van der Waals surface area contributed by atoms with Gasteiger partial charge in [-0.1, -0.05) is 11.3 Å². The first-order valence-corrected chi connectivity index (χ1v) is 9.92. The Labute approximate surface area is 167 Å². The van der Waals surface area contributed by atoms with Crippen LogP contribution in [-0.2, 0) is 11.8 Å². The second-order valence-electron chi connectivity index (χ2n) is 6.25. The Morgan fingerprint density at radius 2 is 1.71 bits per heavy atom. The number of carbonyl (C=O) groups is 2. The zero-order valence-corrected chi connectivity index (χ0v) is 17.2. The van der Waals surface area contributed by atoms with Gasteiger partial charge in [0.1, 0.15) is 0 Å². The molecule has 0 aliphatic carbocycles. The standard InChI is InChI=1S/C21H23N3O3S/c1-5-24(6-2)16-10-7-14(8-11-16)19(25)22-21-23(3)17-12-9-15(20(26)27-4)13-18(17)28-21/h7-13H,5-6H2,1-4H3. The molecule has 0 spiro atoms. The Hall–Kier alpha value is -2.93. The largest absolute Gasteiger partial charge is 0.465 e. The lowest BCUT2D eigenvalue weighted by atomic mass is 10.2. The molecule has 0 bridgehead atoms. The Morgan fingerprint density at radius 1 is 1.07 bits per heavy atom. The van der Waals surface area contributed by atoms with Crippen LogP contribution in [0.5, 0.6) is 0 Å². The highest BCUT2D eigenvalue weighted by molar-refractivity contribution is 7.16. The van der Waals surface area contributed by atoms with Gasteiger partial charge in [0, 0.05) is 31.4 Å². The number of thiazole rings is 1. The van der Waals surface area contributed by atoms with Crippen LogP contribution in [0.3, 0.4) is 0 Å². The van der Waals surface area contributed by atoms with E-state index in [1.165, 1.54) is 18.4 Å². The summed E-state index contributed by atoms with van der Waals surface area (Å²) in [7, 11) is 3.21. The first-order chi connectivity index (χ1) is 13.5. The van der Waals surface area contributed by atoms with Crippen LogP contribution in [0.2, 0.25) is 0 Å². The first kappa shape index (κ1) is 19.8. The Bertz CT molecular complexity index is 1080. The third-order valence-electron chi connectivity index (χ3n) is 4.67. The molecule has 0 saturated carbocycles. The molecule has 0 atom stereocenters. The lowest BCUT2D eigenvalue weighted by Gasteiger charge is -2.20. The Morgan fingerprint density at radius 3 is 2.32 bits per heavy atom. The summed E-state index contributed by atoms with van der Waals surface area (Å²) in [5.74, 6) is -0.678. The topological polar surface area (TPSA) is 63.9 Å². The number of methoxy groups -OCH3 is 1. The van der Waals surface area contributed by atoms with Crippen LogP contribution in [0.4, 0.5) is 5.69 Å². The number of hydrogen-bond acceptors (Lipinski definition) is 5. The van der Waals surface area contributed by atoms with Crippen LogP contribution in [0, 0.1) is 0 Å². The van der Waals surface area contributed by atoms with Crippen LogP contribution in [0.15, 0.2) is 47.5 Å². The fraction of sp³-hybridized carbons (Fsp3) is 0.286. The van der Waals surface area contributed by atoms with E-state index in [-0.39, 0.29) is 11.9 Å². The summed E-state index contributed by atoms with van der Waals surface area (Å²) in [5.41, 5.74) is 3.01. The van der Waals surface area contributed by atoms with Gasteiger partial charge < -0.3 is 14.2 Å². The van der Waals surface area contributed by atoms with Gasteiger partial charge in [-0.3, -0.25) is 4.79 Å². The zero-order valence-electron chi connectivity index (χ0n) is 16.4. The summed E-state index contributed by atoms with van der Waals surface area (Å²) in [4.78, 5) is 31.4. The highest BCUT2D eigenvalue weighted by atomic mass is 32.1. The van der Waals surface area contributed by atoms with E-state index in [2.05, 4.69) is 23.7 Å². The molecule has 0 aliphatic rings. The first-order valence-electron chi connectivity index (χ1n) is 9.10. The maximum absolute atomic E-state index is 12.6. The molecule has 28 heavy (non-hydrogen) atoms. The number of carbonyl (C=O) groups excluding carboxylic acids is 2. The average molecular weight is 398 g/mol. The van der Waals surface area contributed by atoms with Crippen molar-refractivity contribution in [3.63, 3.8) is 0 Å². The molecule has 0 saturated heterocycles. The number of esters is 1. The van der Waals surface area contributed by atoms with Crippen molar-refractivity contribution < 1.29 is 14.3 Å². The van der Waals surface area contributed by atoms with Crippen LogP contribution in [-0.4, -0.2) is 36.6 Å². The van der Waals surface area contributed by atoms with E-state index in [0.717, 1.165) is 29.0 Å². The summed E-state index contributed by atoms with van der Waals surface area (Å²) in [6.07, 6.45) is 0. The summed E-state index contributed by atoms with van der Waals surface area (Å²) >= 11 is 1.36. The molecule has 0 unspecified atom stereocenters. The fourth-order valence-corrected chi connectivity index (χ4v) is 4.10. The van der Waals surface area contributed by atoms with Crippen molar-refractivity contribution in [2.24, 2.45) is 12.0 Å². The van der Waals surface area contributed by atoms with Gasteiger partial charge in [-0.2, -0.15) is 4.99 Å². The molecular weight excluding hydrogens is 374 g/mol. The van der Waals surface area contributed by atoms with Crippen LogP contribution < -0.4 is 9.70 Å². The van der Waals surface area contributed by atoms with Crippen LogP contribution in [0.1, 0.15) is 34.6 Å². The molecule has 1 heterocycles. The highest BCUT2D eigenvalue weighted by Crippen LogP contribution is 2.19. The highest BCUT2D eigenvalue weighted by Gasteiger charge is 2.11. The normalized spacial score (nSPS) is 11.6. The summed E-state index contributed by atoms with van der Waals surface area (Å²) in [5, 5.41) is 0. The minimum absolute atomic E-state index is 0.290. The molecule has 7 heteroatoms. The van der Waals surface area contributed by atoms with Gasteiger partial charge in [0.05, 0.1) is 22.9 Å². The summed E-state index contributed by atoms with van der Waals surface area (Å²) in [6, 6.07) is 12.8. The monoisotopic (exact) mass is 397 g/mol. The van der Waals surface area contributed by atoms with Crippen molar-refractivity contribution in [3.8, 4) is 0 Å². The maximum Gasteiger partial charge on any atom is 0.337 e. The van der Waals surface area contributed by atoms with Gasteiger partial charge in [-0.05, 0) is 56.3 Å². The number of benzene rings is 2. The maximum atomic E-state index is 12.6. The number of aryl methyl sites for hydroxylation is 1. The smallest absolute Gasteiger partial charge is 0.337 e. The van der Waals surface area contributed by atoms with Crippen molar-refractivity contribution in [2.75, 3.05) is 25.1 Å². The molecule has 0 aliphatic heterocycles. The molecule has 1 amide bonds. The van der Waals surface area contributed by atoms with E-state index < -0.39 is 0 Å². The minimum atomic E-state index is -0.388. The molecule has 3 rings (SSSR count). The van der Waals surface area contributed by atoms with Crippen molar-refractivity contribution >= 4 is 39.1 Å². The van der Waals surface area contributed by atoms with Crippen molar-refractivity contribution in [2.45, 2.75) is 13.8 Å². The molecule has 2 aromatic carbocycles. The van der Waals surface area contributed by atoms with Crippen LogP contribution in [0.25, 0.3) is 10.2 Å². The van der Waals surface area contributed by atoms with Crippen molar-refractivity contribution in [1.82, 2.24) is 4.57 Å². The number of aromatic nitrogens is 1. The fourth-order valence-electron chi connectivity index (χ4n) is 3.04. The van der Waals surface area contributed by atoms with E-state index >= 15 is 0 Å². The number of rotatable bonds is 5. The lowest BCUT2D eigenvalue weighted by Crippen LogP contribution is -2.21. The number of anilines is 1. The molecule has 6 nitrogen and oxygen atoms in total. The number of fused-ring (bicyclic) bond motifs is 1. The van der Waals surface area contributed by atoms with E-state index in [1.54, 1.807) is 12.1 Å². The van der Waals surface area contributed by atoms with Crippen molar-refractivity contribution in [1.29, 1.82) is 0 Å². The Kier molecular flexibility index (Phi) is 5.94. The van der Waals surface area contributed by atoms with E-state index in [0.29, 0.717) is 15.9 Å².